The number of para-hydroxylation sites is 2. The standard InChI is InChI=1S/C14H14N8O/c1-16-13(20-21-15)22-12-5-3-2-4-11(12)19-14(22)23-9-10-8-17-6-7-18-10/h2-8H,9H2,1H3,(H2,15,16,20). The van der Waals surface area contributed by atoms with Crippen LogP contribution in [0.15, 0.2) is 58.2 Å². The maximum Gasteiger partial charge on any atom is 0.305 e. The first-order chi connectivity index (χ1) is 11.3. The average Bonchev–Trinajstić information content (AvgIpc) is 2.97. The molecule has 2 heterocycles. The van der Waals surface area contributed by atoms with Crippen LogP contribution < -0.4 is 10.6 Å². The number of hydrogen-bond donors (Lipinski definition) is 1. The number of imidazole rings is 1. The molecule has 0 amide bonds. The molecule has 116 valence electrons. The average molecular weight is 310 g/mol. The minimum atomic E-state index is 0.216. The molecule has 23 heavy (non-hydrogen) atoms. The van der Waals surface area contributed by atoms with Crippen LogP contribution >= 0.6 is 0 Å². The Morgan fingerprint density at radius 1 is 1.30 bits per heavy atom. The minimum absolute atomic E-state index is 0.216. The van der Waals surface area contributed by atoms with Crippen molar-refractivity contribution >= 4 is 17.0 Å². The first kappa shape index (κ1) is 14.6. The van der Waals surface area contributed by atoms with Gasteiger partial charge in [-0.15, -0.1) is 0 Å². The molecule has 0 aliphatic heterocycles. The molecule has 0 spiro atoms. The van der Waals surface area contributed by atoms with Crippen LogP contribution in [0.4, 0.5) is 0 Å². The van der Waals surface area contributed by atoms with Crippen LogP contribution in [0.3, 0.4) is 0 Å². The Labute approximate surface area is 131 Å². The first-order valence-electron chi connectivity index (χ1n) is 6.76. The van der Waals surface area contributed by atoms with Gasteiger partial charge in [-0.3, -0.25) is 15.0 Å². The van der Waals surface area contributed by atoms with Gasteiger partial charge in [-0.2, -0.15) is 4.98 Å². The SMILES string of the molecule is CN=C(N=NN)n1c(OCc2cnccn2)nc2ccccc21. The molecule has 0 aliphatic rings. The Balaban J connectivity index is 2.01. The summed E-state index contributed by atoms with van der Waals surface area (Å²) in [6.45, 7) is 0.216. The largest absolute Gasteiger partial charge is 0.458 e. The number of hydrogen-bond acceptors (Lipinski definition) is 6. The number of fused-ring (bicyclic) bond motifs is 1. The van der Waals surface area contributed by atoms with Crippen molar-refractivity contribution in [3.05, 3.63) is 48.5 Å². The first-order valence-corrected chi connectivity index (χ1v) is 6.76. The van der Waals surface area contributed by atoms with E-state index in [1.807, 2.05) is 24.3 Å². The van der Waals surface area contributed by atoms with Gasteiger partial charge in [0, 0.05) is 19.4 Å². The Bertz CT molecular complexity index is 856. The maximum absolute atomic E-state index is 5.76. The predicted octanol–water partition coefficient (Wildman–Crippen LogP) is 1.57. The van der Waals surface area contributed by atoms with Crippen molar-refractivity contribution in [3.8, 4) is 6.01 Å². The molecule has 1 aromatic carbocycles. The minimum Gasteiger partial charge on any atom is -0.458 e. The van der Waals surface area contributed by atoms with Crippen molar-refractivity contribution in [2.75, 3.05) is 7.05 Å². The number of nitrogens with zero attached hydrogens (tertiary/aromatic N) is 7. The van der Waals surface area contributed by atoms with Crippen molar-refractivity contribution in [1.82, 2.24) is 19.5 Å². The van der Waals surface area contributed by atoms with Gasteiger partial charge in [0.15, 0.2) is 0 Å². The second-order valence-electron chi connectivity index (χ2n) is 4.44. The molecule has 3 rings (SSSR count). The van der Waals surface area contributed by atoms with Gasteiger partial charge in [-0.05, 0) is 12.1 Å². The number of ether oxygens (including phenoxy) is 1. The molecule has 2 aromatic heterocycles. The Hall–Kier alpha value is -3.36. The summed E-state index contributed by atoms with van der Waals surface area (Å²) >= 11 is 0. The topological polar surface area (TPSA) is 116 Å². The highest BCUT2D eigenvalue weighted by atomic mass is 16.5. The molecule has 0 saturated heterocycles. The van der Waals surface area contributed by atoms with E-state index >= 15 is 0 Å². The van der Waals surface area contributed by atoms with E-state index in [9.17, 15) is 0 Å². The van der Waals surface area contributed by atoms with E-state index in [1.54, 1.807) is 30.2 Å². The zero-order chi connectivity index (χ0) is 16.1. The fourth-order valence-electron chi connectivity index (χ4n) is 2.08. The molecule has 0 saturated carbocycles. The van der Waals surface area contributed by atoms with Crippen molar-refractivity contribution in [3.63, 3.8) is 0 Å². The summed E-state index contributed by atoms with van der Waals surface area (Å²) in [5, 5.41) is 7.12. The third-order valence-electron chi connectivity index (χ3n) is 3.04. The lowest BCUT2D eigenvalue weighted by Gasteiger charge is -2.08. The zero-order valence-corrected chi connectivity index (χ0v) is 12.4. The van der Waals surface area contributed by atoms with Gasteiger partial charge in [0.1, 0.15) is 6.61 Å². The van der Waals surface area contributed by atoms with Gasteiger partial charge in [0.25, 0.3) is 5.96 Å². The quantitative estimate of drug-likeness (QED) is 0.259. The van der Waals surface area contributed by atoms with E-state index in [1.165, 1.54) is 0 Å². The Morgan fingerprint density at radius 2 is 2.17 bits per heavy atom. The van der Waals surface area contributed by atoms with Crippen molar-refractivity contribution in [2.24, 2.45) is 21.2 Å². The molecule has 0 radical (unpaired) electrons. The molecular weight excluding hydrogens is 296 g/mol. The maximum atomic E-state index is 5.76. The number of rotatable bonds is 3. The van der Waals surface area contributed by atoms with E-state index in [0.717, 1.165) is 11.0 Å². The van der Waals surface area contributed by atoms with E-state index in [2.05, 4.69) is 30.3 Å². The van der Waals surface area contributed by atoms with Gasteiger partial charge in [0.05, 0.1) is 22.9 Å². The molecule has 0 bridgehead atoms. The Morgan fingerprint density at radius 3 is 2.91 bits per heavy atom. The smallest absolute Gasteiger partial charge is 0.305 e. The van der Waals surface area contributed by atoms with Crippen LogP contribution in [-0.4, -0.2) is 32.5 Å². The fraction of sp³-hybridized carbons (Fsp3) is 0.143. The highest BCUT2D eigenvalue weighted by Gasteiger charge is 2.16. The lowest BCUT2D eigenvalue weighted by Crippen LogP contribution is -2.12. The normalized spacial score (nSPS) is 12.1. The molecule has 3 aromatic rings. The van der Waals surface area contributed by atoms with E-state index in [4.69, 9.17) is 10.6 Å². The monoisotopic (exact) mass is 310 g/mol. The van der Waals surface area contributed by atoms with Crippen molar-refractivity contribution < 1.29 is 4.74 Å². The number of nitrogens with two attached hydrogens (primary N) is 1. The number of benzene rings is 1. The molecule has 2 N–H and O–H groups in total. The molecule has 0 atom stereocenters. The summed E-state index contributed by atoms with van der Waals surface area (Å²) in [5.74, 6) is 5.43. The van der Waals surface area contributed by atoms with Gasteiger partial charge in [0.2, 0.25) is 0 Å². The van der Waals surface area contributed by atoms with Gasteiger partial charge >= 0.3 is 6.01 Å². The second-order valence-corrected chi connectivity index (χ2v) is 4.44. The van der Waals surface area contributed by atoms with E-state index < -0.39 is 0 Å². The van der Waals surface area contributed by atoms with Gasteiger partial charge in [-0.25, -0.2) is 4.57 Å². The molecule has 0 unspecified atom stereocenters. The zero-order valence-electron chi connectivity index (χ0n) is 12.4. The van der Waals surface area contributed by atoms with Crippen molar-refractivity contribution in [1.29, 1.82) is 0 Å². The third-order valence-corrected chi connectivity index (χ3v) is 3.04. The van der Waals surface area contributed by atoms with E-state index in [0.29, 0.717) is 11.7 Å². The molecule has 9 nitrogen and oxygen atoms in total. The summed E-state index contributed by atoms with van der Waals surface area (Å²) in [7, 11) is 1.59. The van der Waals surface area contributed by atoms with Gasteiger partial charge < -0.3 is 10.6 Å². The molecule has 0 aliphatic carbocycles. The summed E-state index contributed by atoms with van der Waals surface area (Å²) in [5.41, 5.74) is 2.21. The van der Waals surface area contributed by atoms with Gasteiger partial charge in [-0.1, -0.05) is 22.5 Å². The van der Waals surface area contributed by atoms with Crippen LogP contribution in [-0.2, 0) is 6.61 Å². The lowest BCUT2D eigenvalue weighted by molar-refractivity contribution is 0.274. The summed E-state index contributed by atoms with van der Waals surface area (Å²) in [6.07, 6.45) is 4.83. The molecule has 0 fully saturated rings. The highest BCUT2D eigenvalue weighted by molar-refractivity contribution is 5.93. The molecular formula is C14H14N8O. The van der Waals surface area contributed by atoms with Crippen LogP contribution in [0.1, 0.15) is 5.69 Å². The fourth-order valence-corrected chi connectivity index (χ4v) is 2.08. The van der Waals surface area contributed by atoms with Crippen molar-refractivity contribution in [2.45, 2.75) is 6.61 Å². The van der Waals surface area contributed by atoms with Crippen LogP contribution in [0.2, 0.25) is 0 Å². The summed E-state index contributed by atoms with van der Waals surface area (Å²) in [4.78, 5) is 16.7. The predicted molar refractivity (Wildman–Crippen MR) is 83.9 cm³/mol. The number of aliphatic imine (C=N–C) groups is 1. The van der Waals surface area contributed by atoms with Crippen LogP contribution in [0.25, 0.3) is 11.0 Å². The second kappa shape index (κ2) is 6.60. The third kappa shape index (κ3) is 2.98. The van der Waals surface area contributed by atoms with Crippen LogP contribution in [0.5, 0.6) is 6.01 Å². The lowest BCUT2D eigenvalue weighted by atomic mass is 10.3. The highest BCUT2D eigenvalue weighted by Crippen LogP contribution is 2.22. The van der Waals surface area contributed by atoms with Crippen LogP contribution in [0, 0.1) is 0 Å². The summed E-state index contributed by atoms with van der Waals surface area (Å²) < 4.78 is 7.40. The summed E-state index contributed by atoms with van der Waals surface area (Å²) in [6, 6.07) is 7.85. The van der Waals surface area contributed by atoms with E-state index in [-0.39, 0.29) is 12.6 Å². The Kier molecular flexibility index (Phi) is 4.18. The molecule has 9 heteroatoms. The number of aromatic nitrogens is 4.